The summed E-state index contributed by atoms with van der Waals surface area (Å²) < 4.78 is 0. The van der Waals surface area contributed by atoms with Crippen LogP contribution < -0.4 is 5.32 Å². The normalized spacial score (nSPS) is 14.2. The molecule has 1 unspecified atom stereocenters. The smallest absolute Gasteiger partial charge is 0.251 e. The molecule has 1 aromatic carbocycles. The summed E-state index contributed by atoms with van der Waals surface area (Å²) in [6, 6.07) is 6.95. The SMILES string of the molecule is CCC(C)(CBr)NC(=O)c1cccc(Cl)c1. The summed E-state index contributed by atoms with van der Waals surface area (Å²) in [5, 5.41) is 4.29. The van der Waals surface area contributed by atoms with E-state index >= 15 is 0 Å². The van der Waals surface area contributed by atoms with Crippen LogP contribution in [0.5, 0.6) is 0 Å². The minimum Gasteiger partial charge on any atom is -0.346 e. The van der Waals surface area contributed by atoms with Gasteiger partial charge >= 0.3 is 0 Å². The highest BCUT2D eigenvalue weighted by Gasteiger charge is 2.23. The Morgan fingerprint density at radius 1 is 1.56 bits per heavy atom. The van der Waals surface area contributed by atoms with E-state index in [1.807, 2.05) is 13.8 Å². The molecule has 1 aromatic rings. The molecule has 1 atom stereocenters. The van der Waals surface area contributed by atoms with Gasteiger partial charge in [0.2, 0.25) is 0 Å². The van der Waals surface area contributed by atoms with Crippen molar-refractivity contribution < 1.29 is 4.79 Å². The molecule has 0 aromatic heterocycles. The van der Waals surface area contributed by atoms with E-state index in [4.69, 9.17) is 11.6 Å². The number of carbonyl (C=O) groups excluding carboxylic acids is 1. The summed E-state index contributed by atoms with van der Waals surface area (Å²) in [6.07, 6.45) is 0.866. The second-order valence-electron chi connectivity index (χ2n) is 4.01. The molecule has 1 amide bonds. The van der Waals surface area contributed by atoms with Gasteiger partial charge in [0.05, 0.1) is 0 Å². The van der Waals surface area contributed by atoms with Gasteiger partial charge in [0, 0.05) is 21.5 Å². The molecule has 0 aliphatic rings. The molecule has 2 nitrogen and oxygen atoms in total. The zero-order valence-electron chi connectivity index (χ0n) is 9.39. The highest BCUT2D eigenvalue weighted by molar-refractivity contribution is 9.09. The van der Waals surface area contributed by atoms with E-state index in [0.29, 0.717) is 10.6 Å². The summed E-state index contributed by atoms with van der Waals surface area (Å²) in [5.74, 6) is -0.0914. The van der Waals surface area contributed by atoms with Crippen LogP contribution in [0.25, 0.3) is 0 Å². The quantitative estimate of drug-likeness (QED) is 0.846. The minimum absolute atomic E-state index is 0.0914. The van der Waals surface area contributed by atoms with Gasteiger partial charge in [-0.15, -0.1) is 0 Å². The highest BCUT2D eigenvalue weighted by atomic mass is 79.9. The van der Waals surface area contributed by atoms with Crippen molar-refractivity contribution in [1.82, 2.24) is 5.32 Å². The standard InChI is InChI=1S/C12H15BrClNO/c1-3-12(2,8-13)15-11(16)9-5-4-6-10(14)7-9/h4-7H,3,8H2,1-2H3,(H,15,16). The van der Waals surface area contributed by atoms with Crippen LogP contribution in [0.15, 0.2) is 24.3 Å². The van der Waals surface area contributed by atoms with Crippen LogP contribution in [0.1, 0.15) is 30.6 Å². The average Bonchev–Trinajstić information content (AvgIpc) is 2.29. The van der Waals surface area contributed by atoms with E-state index < -0.39 is 0 Å². The molecular formula is C12H15BrClNO. The van der Waals surface area contributed by atoms with Crippen LogP contribution in [0.2, 0.25) is 5.02 Å². The van der Waals surface area contributed by atoms with Crippen molar-refractivity contribution in [1.29, 1.82) is 0 Å². The molecule has 0 bridgehead atoms. The molecule has 0 spiro atoms. The first-order valence-corrected chi connectivity index (χ1v) is 6.65. The van der Waals surface area contributed by atoms with Gasteiger partial charge in [-0.1, -0.05) is 40.5 Å². The summed E-state index contributed by atoms with van der Waals surface area (Å²) in [7, 11) is 0. The second-order valence-corrected chi connectivity index (χ2v) is 5.01. The van der Waals surface area contributed by atoms with E-state index in [2.05, 4.69) is 21.2 Å². The number of halogens is 2. The number of hydrogen-bond donors (Lipinski definition) is 1. The zero-order chi connectivity index (χ0) is 12.2. The first-order chi connectivity index (χ1) is 7.50. The summed E-state index contributed by atoms with van der Waals surface area (Å²) in [5.41, 5.74) is 0.368. The van der Waals surface area contributed by atoms with Crippen molar-refractivity contribution in [2.75, 3.05) is 5.33 Å². The monoisotopic (exact) mass is 303 g/mol. The van der Waals surface area contributed by atoms with Crippen LogP contribution in [0.3, 0.4) is 0 Å². The van der Waals surface area contributed by atoms with Gasteiger partial charge in [-0.2, -0.15) is 0 Å². The maximum atomic E-state index is 11.9. The molecule has 0 heterocycles. The zero-order valence-corrected chi connectivity index (χ0v) is 11.7. The van der Waals surface area contributed by atoms with Crippen LogP contribution in [-0.2, 0) is 0 Å². The maximum absolute atomic E-state index is 11.9. The van der Waals surface area contributed by atoms with E-state index in [-0.39, 0.29) is 11.4 Å². The predicted octanol–water partition coefficient (Wildman–Crippen LogP) is 3.63. The van der Waals surface area contributed by atoms with Crippen molar-refractivity contribution in [3.05, 3.63) is 34.9 Å². The van der Waals surface area contributed by atoms with Crippen molar-refractivity contribution in [2.45, 2.75) is 25.8 Å². The number of hydrogen-bond acceptors (Lipinski definition) is 1. The van der Waals surface area contributed by atoms with E-state index in [9.17, 15) is 4.79 Å². The Morgan fingerprint density at radius 3 is 2.75 bits per heavy atom. The van der Waals surface area contributed by atoms with Crippen molar-refractivity contribution in [3.63, 3.8) is 0 Å². The fourth-order valence-corrected chi connectivity index (χ4v) is 1.92. The summed E-state index contributed by atoms with van der Waals surface area (Å²) in [4.78, 5) is 11.9. The molecule has 4 heteroatoms. The minimum atomic E-state index is -0.223. The third kappa shape index (κ3) is 3.49. The van der Waals surface area contributed by atoms with Gasteiger partial charge in [0.1, 0.15) is 0 Å². The van der Waals surface area contributed by atoms with Gasteiger partial charge in [0.25, 0.3) is 5.91 Å². The van der Waals surface area contributed by atoms with Crippen LogP contribution in [-0.4, -0.2) is 16.8 Å². The largest absolute Gasteiger partial charge is 0.346 e. The lowest BCUT2D eigenvalue weighted by Crippen LogP contribution is -2.46. The molecule has 0 fully saturated rings. The van der Waals surface area contributed by atoms with E-state index in [1.54, 1.807) is 24.3 Å². The number of rotatable bonds is 4. The Morgan fingerprint density at radius 2 is 2.25 bits per heavy atom. The van der Waals surface area contributed by atoms with Gasteiger partial charge in [-0.3, -0.25) is 4.79 Å². The molecule has 88 valence electrons. The van der Waals surface area contributed by atoms with E-state index in [0.717, 1.165) is 11.8 Å². The van der Waals surface area contributed by atoms with Crippen LogP contribution in [0, 0.1) is 0 Å². The molecule has 16 heavy (non-hydrogen) atoms. The summed E-state index contributed by atoms with van der Waals surface area (Å²) >= 11 is 9.25. The van der Waals surface area contributed by atoms with Crippen molar-refractivity contribution in [3.8, 4) is 0 Å². The fourth-order valence-electron chi connectivity index (χ4n) is 1.19. The average molecular weight is 305 g/mol. The Kier molecular flexibility index (Phi) is 4.81. The lowest BCUT2D eigenvalue weighted by molar-refractivity contribution is 0.0913. The molecular weight excluding hydrogens is 289 g/mol. The first kappa shape index (κ1) is 13.5. The number of alkyl halides is 1. The fraction of sp³-hybridized carbons (Fsp3) is 0.417. The van der Waals surface area contributed by atoms with Crippen LogP contribution in [0.4, 0.5) is 0 Å². The Labute approximate surface area is 110 Å². The molecule has 0 aliphatic carbocycles. The first-order valence-electron chi connectivity index (χ1n) is 5.15. The van der Waals surface area contributed by atoms with Gasteiger partial charge in [-0.25, -0.2) is 0 Å². The topological polar surface area (TPSA) is 29.1 Å². The maximum Gasteiger partial charge on any atom is 0.251 e. The molecule has 0 saturated heterocycles. The third-order valence-corrected chi connectivity index (χ3v) is 4.05. The number of nitrogens with one attached hydrogen (secondary N) is 1. The molecule has 1 rings (SSSR count). The molecule has 0 radical (unpaired) electrons. The molecule has 1 N–H and O–H groups in total. The van der Waals surface area contributed by atoms with Gasteiger partial charge in [0.15, 0.2) is 0 Å². The van der Waals surface area contributed by atoms with Gasteiger partial charge < -0.3 is 5.32 Å². The number of amides is 1. The highest BCUT2D eigenvalue weighted by Crippen LogP contribution is 2.15. The van der Waals surface area contributed by atoms with Crippen molar-refractivity contribution >= 4 is 33.4 Å². The lowest BCUT2D eigenvalue weighted by atomic mass is 10.0. The third-order valence-electron chi connectivity index (χ3n) is 2.58. The van der Waals surface area contributed by atoms with Crippen LogP contribution >= 0.6 is 27.5 Å². The Bertz CT molecular complexity index is 377. The van der Waals surface area contributed by atoms with Crippen molar-refractivity contribution in [2.24, 2.45) is 0 Å². The molecule has 0 aliphatic heterocycles. The lowest BCUT2D eigenvalue weighted by Gasteiger charge is -2.27. The number of carbonyl (C=O) groups is 1. The molecule has 0 saturated carbocycles. The second kappa shape index (κ2) is 5.69. The Hall–Kier alpha value is -0.540. The van der Waals surface area contributed by atoms with Gasteiger partial charge in [-0.05, 0) is 31.5 Å². The predicted molar refractivity (Wildman–Crippen MR) is 71.4 cm³/mol. The van der Waals surface area contributed by atoms with E-state index in [1.165, 1.54) is 0 Å². The summed E-state index contributed by atoms with van der Waals surface area (Å²) in [6.45, 7) is 4.05. The number of benzene rings is 1. The Balaban J connectivity index is 2.80.